The van der Waals surface area contributed by atoms with Crippen molar-refractivity contribution in [2.24, 2.45) is 7.05 Å². The quantitative estimate of drug-likeness (QED) is 0.817. The minimum atomic E-state index is 0.115. The van der Waals surface area contributed by atoms with E-state index in [1.54, 1.807) is 0 Å². The Hall–Kier alpha value is -0.770. The molecule has 0 bridgehead atoms. The standard InChI is InChI=1S/C12H19BrN2O/c1-4-6-7-15(5-2)12(16)11-8-10(13)9-14(11)3/h8-9H,4-7H2,1-3H3. The number of nitrogens with zero attached hydrogens (tertiary/aromatic N) is 2. The Labute approximate surface area is 106 Å². The first-order chi connectivity index (χ1) is 7.60. The molecule has 3 nitrogen and oxygen atoms in total. The van der Waals surface area contributed by atoms with Gasteiger partial charge in [-0.25, -0.2) is 0 Å². The number of halogens is 1. The van der Waals surface area contributed by atoms with Gasteiger partial charge in [-0.3, -0.25) is 4.79 Å². The zero-order valence-electron chi connectivity index (χ0n) is 10.2. The lowest BCUT2D eigenvalue weighted by molar-refractivity contribution is 0.0753. The fourth-order valence-corrected chi connectivity index (χ4v) is 2.18. The van der Waals surface area contributed by atoms with Crippen LogP contribution in [-0.4, -0.2) is 28.5 Å². The van der Waals surface area contributed by atoms with E-state index in [9.17, 15) is 4.79 Å². The number of amides is 1. The van der Waals surface area contributed by atoms with E-state index in [0.29, 0.717) is 0 Å². The number of rotatable bonds is 5. The SMILES string of the molecule is CCCCN(CC)C(=O)c1cc(Br)cn1C. The zero-order chi connectivity index (χ0) is 12.1. The molecule has 0 aliphatic carbocycles. The molecule has 1 aromatic rings. The van der Waals surface area contributed by atoms with Gasteiger partial charge in [0.25, 0.3) is 5.91 Å². The Morgan fingerprint density at radius 2 is 2.19 bits per heavy atom. The summed E-state index contributed by atoms with van der Waals surface area (Å²) in [5.41, 5.74) is 0.741. The Bertz CT molecular complexity index is 360. The predicted octanol–water partition coefficient (Wildman–Crippen LogP) is 3.05. The molecule has 16 heavy (non-hydrogen) atoms. The molecule has 0 saturated carbocycles. The van der Waals surface area contributed by atoms with E-state index in [4.69, 9.17) is 0 Å². The topological polar surface area (TPSA) is 25.2 Å². The first kappa shape index (κ1) is 13.3. The highest BCUT2D eigenvalue weighted by atomic mass is 79.9. The van der Waals surface area contributed by atoms with Gasteiger partial charge < -0.3 is 9.47 Å². The van der Waals surface area contributed by atoms with Crippen molar-refractivity contribution < 1.29 is 4.79 Å². The van der Waals surface area contributed by atoms with Crippen LogP contribution in [0.15, 0.2) is 16.7 Å². The van der Waals surface area contributed by atoms with Crippen LogP contribution < -0.4 is 0 Å². The van der Waals surface area contributed by atoms with Gasteiger partial charge in [0.1, 0.15) is 5.69 Å². The average Bonchev–Trinajstić information content (AvgIpc) is 2.58. The van der Waals surface area contributed by atoms with Crippen LogP contribution in [0.1, 0.15) is 37.2 Å². The van der Waals surface area contributed by atoms with Crippen LogP contribution in [0.4, 0.5) is 0 Å². The summed E-state index contributed by atoms with van der Waals surface area (Å²) in [5.74, 6) is 0.115. The summed E-state index contributed by atoms with van der Waals surface area (Å²) in [5, 5.41) is 0. The van der Waals surface area contributed by atoms with Crippen LogP contribution in [0.25, 0.3) is 0 Å². The summed E-state index contributed by atoms with van der Waals surface area (Å²) in [7, 11) is 1.89. The Balaban J connectivity index is 2.78. The summed E-state index contributed by atoms with van der Waals surface area (Å²) >= 11 is 3.38. The maximum atomic E-state index is 12.2. The number of hydrogen-bond donors (Lipinski definition) is 0. The molecular formula is C12H19BrN2O. The third kappa shape index (κ3) is 3.11. The van der Waals surface area contributed by atoms with Gasteiger partial charge in [0.15, 0.2) is 0 Å². The molecular weight excluding hydrogens is 268 g/mol. The molecule has 0 atom stereocenters. The first-order valence-corrected chi connectivity index (χ1v) is 6.50. The van der Waals surface area contributed by atoms with Crippen molar-refractivity contribution in [2.45, 2.75) is 26.7 Å². The minimum absolute atomic E-state index is 0.115. The maximum Gasteiger partial charge on any atom is 0.270 e. The monoisotopic (exact) mass is 286 g/mol. The molecule has 0 N–H and O–H groups in total. The van der Waals surface area contributed by atoms with Gasteiger partial charge >= 0.3 is 0 Å². The zero-order valence-corrected chi connectivity index (χ0v) is 11.7. The minimum Gasteiger partial charge on any atom is -0.345 e. The number of carbonyl (C=O) groups is 1. The molecule has 0 unspecified atom stereocenters. The highest BCUT2D eigenvalue weighted by molar-refractivity contribution is 9.10. The van der Waals surface area contributed by atoms with Crippen molar-refractivity contribution in [1.82, 2.24) is 9.47 Å². The second-order valence-corrected chi connectivity index (χ2v) is 4.81. The molecule has 4 heteroatoms. The molecule has 0 aliphatic heterocycles. The van der Waals surface area contributed by atoms with Gasteiger partial charge in [0.05, 0.1) is 0 Å². The lowest BCUT2D eigenvalue weighted by atomic mass is 10.3. The summed E-state index contributed by atoms with van der Waals surface area (Å²) in [6, 6.07) is 1.87. The van der Waals surface area contributed by atoms with Gasteiger partial charge in [0, 0.05) is 30.8 Å². The molecule has 0 spiro atoms. The van der Waals surface area contributed by atoms with Crippen molar-refractivity contribution in [3.63, 3.8) is 0 Å². The van der Waals surface area contributed by atoms with E-state index in [-0.39, 0.29) is 5.91 Å². The molecule has 1 heterocycles. The van der Waals surface area contributed by atoms with E-state index >= 15 is 0 Å². The maximum absolute atomic E-state index is 12.2. The van der Waals surface area contributed by atoms with E-state index < -0.39 is 0 Å². The van der Waals surface area contributed by atoms with Gasteiger partial charge in [-0.2, -0.15) is 0 Å². The van der Waals surface area contributed by atoms with Crippen LogP contribution >= 0.6 is 15.9 Å². The van der Waals surface area contributed by atoms with Crippen LogP contribution in [-0.2, 0) is 7.05 Å². The summed E-state index contributed by atoms with van der Waals surface area (Å²) in [6.07, 6.45) is 4.08. The number of hydrogen-bond acceptors (Lipinski definition) is 1. The smallest absolute Gasteiger partial charge is 0.270 e. The van der Waals surface area contributed by atoms with Crippen LogP contribution in [0, 0.1) is 0 Å². The Morgan fingerprint density at radius 1 is 1.50 bits per heavy atom. The molecule has 0 saturated heterocycles. The van der Waals surface area contributed by atoms with Crippen molar-refractivity contribution >= 4 is 21.8 Å². The Morgan fingerprint density at radius 3 is 2.62 bits per heavy atom. The van der Waals surface area contributed by atoms with E-state index in [2.05, 4.69) is 22.9 Å². The lowest BCUT2D eigenvalue weighted by Gasteiger charge is -2.20. The molecule has 0 aromatic carbocycles. The van der Waals surface area contributed by atoms with Crippen LogP contribution in [0.5, 0.6) is 0 Å². The number of aryl methyl sites for hydroxylation is 1. The molecule has 0 radical (unpaired) electrons. The van der Waals surface area contributed by atoms with Gasteiger partial charge in [0.2, 0.25) is 0 Å². The fraction of sp³-hybridized carbons (Fsp3) is 0.583. The van der Waals surface area contributed by atoms with Crippen molar-refractivity contribution in [1.29, 1.82) is 0 Å². The van der Waals surface area contributed by atoms with Crippen LogP contribution in [0.3, 0.4) is 0 Å². The third-order valence-corrected chi connectivity index (χ3v) is 3.07. The predicted molar refractivity (Wildman–Crippen MR) is 69.6 cm³/mol. The number of carbonyl (C=O) groups excluding carboxylic acids is 1. The van der Waals surface area contributed by atoms with E-state index in [1.807, 2.05) is 35.7 Å². The van der Waals surface area contributed by atoms with Crippen LogP contribution in [0.2, 0.25) is 0 Å². The largest absolute Gasteiger partial charge is 0.345 e. The summed E-state index contributed by atoms with van der Waals surface area (Å²) < 4.78 is 2.81. The van der Waals surface area contributed by atoms with Gasteiger partial charge in [-0.1, -0.05) is 13.3 Å². The fourth-order valence-electron chi connectivity index (χ4n) is 1.65. The van der Waals surface area contributed by atoms with Gasteiger partial charge in [-0.15, -0.1) is 0 Å². The van der Waals surface area contributed by atoms with Gasteiger partial charge in [-0.05, 0) is 35.3 Å². The number of aromatic nitrogens is 1. The average molecular weight is 287 g/mol. The van der Waals surface area contributed by atoms with Crippen molar-refractivity contribution in [2.75, 3.05) is 13.1 Å². The second kappa shape index (κ2) is 6.09. The second-order valence-electron chi connectivity index (χ2n) is 3.89. The van der Waals surface area contributed by atoms with Crippen molar-refractivity contribution in [3.8, 4) is 0 Å². The summed E-state index contributed by atoms with van der Waals surface area (Å²) in [4.78, 5) is 14.1. The molecule has 0 fully saturated rings. The number of unbranched alkanes of at least 4 members (excludes halogenated alkanes) is 1. The molecule has 0 aliphatic rings. The highest BCUT2D eigenvalue weighted by Crippen LogP contribution is 2.15. The molecule has 90 valence electrons. The lowest BCUT2D eigenvalue weighted by Crippen LogP contribution is -2.32. The molecule has 1 aromatic heterocycles. The first-order valence-electron chi connectivity index (χ1n) is 5.71. The normalized spacial score (nSPS) is 10.5. The Kier molecular flexibility index (Phi) is 5.06. The third-order valence-electron chi connectivity index (χ3n) is 2.64. The molecule has 1 rings (SSSR count). The van der Waals surface area contributed by atoms with Crippen molar-refractivity contribution in [3.05, 3.63) is 22.4 Å². The van der Waals surface area contributed by atoms with E-state index in [1.165, 1.54) is 0 Å². The van der Waals surface area contributed by atoms with E-state index in [0.717, 1.165) is 36.1 Å². The highest BCUT2D eigenvalue weighted by Gasteiger charge is 2.16. The molecule has 1 amide bonds. The summed E-state index contributed by atoms with van der Waals surface area (Å²) in [6.45, 7) is 5.76.